The number of aliphatic hydroxyl groups is 1. The van der Waals surface area contributed by atoms with Gasteiger partial charge in [0.05, 0.1) is 35.9 Å². The normalized spacial score (nSPS) is 21.7. The van der Waals surface area contributed by atoms with E-state index in [4.69, 9.17) is 23.8 Å². The van der Waals surface area contributed by atoms with Crippen LogP contribution in [0.25, 0.3) is 22.6 Å². The van der Waals surface area contributed by atoms with Crippen LogP contribution in [0.2, 0.25) is 0 Å². The molecule has 0 radical (unpaired) electrons. The lowest BCUT2D eigenvalue weighted by molar-refractivity contribution is -0.152. The molecule has 0 saturated carbocycles. The molecule has 9 nitrogen and oxygen atoms in total. The van der Waals surface area contributed by atoms with E-state index in [9.17, 15) is 13.5 Å². The average Bonchev–Trinajstić information content (AvgIpc) is 3.43. The second kappa shape index (κ2) is 12.5. The standard InChI is InChI=1S/C32H36N2O7S/c1-21-17-32(38-3,18-22(2)40-21)26-11-7-8-23(16-26)19-39-20-28(35)31-34-29(24-9-5-4-6-10-24)30(41-31)25-12-14-27(15-13-25)42(33,36)37/h4-16,21-22,28,35H,17-20H2,1-3H3,(H2,33,36,37). The summed E-state index contributed by atoms with van der Waals surface area (Å²) >= 11 is 0. The van der Waals surface area contributed by atoms with Crippen LogP contribution >= 0.6 is 0 Å². The largest absolute Gasteiger partial charge is 0.437 e. The summed E-state index contributed by atoms with van der Waals surface area (Å²) in [6.45, 7) is 4.36. The van der Waals surface area contributed by atoms with Gasteiger partial charge in [-0.15, -0.1) is 0 Å². The molecule has 42 heavy (non-hydrogen) atoms. The highest BCUT2D eigenvalue weighted by Gasteiger charge is 2.40. The van der Waals surface area contributed by atoms with Crippen LogP contribution in [0.4, 0.5) is 0 Å². The van der Waals surface area contributed by atoms with Gasteiger partial charge in [0.1, 0.15) is 5.69 Å². The highest BCUT2D eigenvalue weighted by atomic mass is 32.2. The summed E-state index contributed by atoms with van der Waals surface area (Å²) in [5.41, 5.74) is 3.50. The van der Waals surface area contributed by atoms with Crippen molar-refractivity contribution in [3.63, 3.8) is 0 Å². The van der Waals surface area contributed by atoms with E-state index >= 15 is 0 Å². The summed E-state index contributed by atoms with van der Waals surface area (Å²) in [5, 5.41) is 16.2. The van der Waals surface area contributed by atoms with E-state index in [2.05, 4.69) is 31.0 Å². The third kappa shape index (κ3) is 6.64. The molecule has 10 heteroatoms. The van der Waals surface area contributed by atoms with E-state index < -0.39 is 21.7 Å². The molecule has 222 valence electrons. The Morgan fingerprint density at radius 1 is 1.00 bits per heavy atom. The van der Waals surface area contributed by atoms with Crippen molar-refractivity contribution in [3.8, 4) is 22.6 Å². The van der Waals surface area contributed by atoms with Gasteiger partial charge in [-0.05, 0) is 49.2 Å². The zero-order chi connectivity index (χ0) is 29.9. The lowest BCUT2D eigenvalue weighted by Gasteiger charge is -2.42. The molecule has 0 spiro atoms. The summed E-state index contributed by atoms with van der Waals surface area (Å²) in [5.74, 6) is 0.491. The Morgan fingerprint density at radius 3 is 2.33 bits per heavy atom. The second-order valence-electron chi connectivity index (χ2n) is 10.8. The van der Waals surface area contributed by atoms with Gasteiger partial charge in [-0.25, -0.2) is 18.5 Å². The average molecular weight is 593 g/mol. The first kappa shape index (κ1) is 30.1. The fraction of sp³-hybridized carbons (Fsp3) is 0.344. The molecular formula is C32H36N2O7S. The van der Waals surface area contributed by atoms with E-state index in [0.29, 0.717) is 17.0 Å². The molecule has 1 aliphatic rings. The zero-order valence-corrected chi connectivity index (χ0v) is 24.7. The van der Waals surface area contributed by atoms with Crippen LogP contribution < -0.4 is 5.14 Å². The van der Waals surface area contributed by atoms with Gasteiger partial charge in [0.25, 0.3) is 0 Å². The Bertz CT molecular complexity index is 1590. The van der Waals surface area contributed by atoms with Crippen molar-refractivity contribution in [2.45, 2.75) is 62.1 Å². The summed E-state index contributed by atoms with van der Waals surface area (Å²) in [6.07, 6.45) is 0.565. The number of ether oxygens (including phenoxy) is 3. The van der Waals surface area contributed by atoms with Gasteiger partial charge in [-0.3, -0.25) is 0 Å². The van der Waals surface area contributed by atoms with Crippen molar-refractivity contribution in [2.75, 3.05) is 13.7 Å². The van der Waals surface area contributed by atoms with Crippen LogP contribution in [0.5, 0.6) is 0 Å². The number of methoxy groups -OCH3 is 1. The summed E-state index contributed by atoms with van der Waals surface area (Å²) in [4.78, 5) is 4.58. The number of nitrogens with zero attached hydrogens (tertiary/aromatic N) is 1. The Hall–Kier alpha value is -3.38. The molecule has 4 aromatic rings. The van der Waals surface area contributed by atoms with Crippen molar-refractivity contribution in [2.24, 2.45) is 5.14 Å². The van der Waals surface area contributed by atoms with Crippen LogP contribution in [0.1, 0.15) is 49.8 Å². The van der Waals surface area contributed by atoms with Crippen molar-refractivity contribution in [1.29, 1.82) is 0 Å². The van der Waals surface area contributed by atoms with Crippen molar-refractivity contribution in [1.82, 2.24) is 4.98 Å². The van der Waals surface area contributed by atoms with Crippen LogP contribution in [-0.2, 0) is 36.4 Å². The number of hydrogen-bond acceptors (Lipinski definition) is 8. The van der Waals surface area contributed by atoms with Crippen LogP contribution in [0, 0.1) is 0 Å². The molecule has 0 bridgehead atoms. The number of benzene rings is 3. The summed E-state index contributed by atoms with van der Waals surface area (Å²) in [7, 11) is -2.10. The molecule has 3 N–H and O–H groups in total. The minimum absolute atomic E-state index is 0.0120. The molecule has 1 saturated heterocycles. The molecule has 0 amide bonds. The number of hydrogen-bond donors (Lipinski definition) is 2. The monoisotopic (exact) mass is 592 g/mol. The summed E-state index contributed by atoms with van der Waals surface area (Å²) in [6, 6.07) is 23.5. The molecule has 0 aliphatic carbocycles. The quantitative estimate of drug-likeness (QED) is 0.252. The van der Waals surface area contributed by atoms with Gasteiger partial charge in [-0.1, -0.05) is 54.6 Å². The molecule has 2 heterocycles. The number of oxazole rings is 1. The lowest BCUT2D eigenvalue weighted by atomic mass is 9.81. The fourth-order valence-electron chi connectivity index (χ4n) is 5.59. The molecular weight excluding hydrogens is 556 g/mol. The number of aliphatic hydroxyl groups excluding tert-OH is 1. The van der Waals surface area contributed by atoms with Crippen LogP contribution in [0.3, 0.4) is 0 Å². The van der Waals surface area contributed by atoms with E-state index in [1.54, 1.807) is 19.2 Å². The topological polar surface area (TPSA) is 134 Å². The van der Waals surface area contributed by atoms with Gasteiger partial charge in [0.15, 0.2) is 11.9 Å². The molecule has 3 unspecified atom stereocenters. The highest BCUT2D eigenvalue weighted by Crippen LogP contribution is 2.41. The predicted molar refractivity (Wildman–Crippen MR) is 158 cm³/mol. The van der Waals surface area contributed by atoms with Crippen molar-refractivity contribution >= 4 is 10.0 Å². The molecule has 1 aliphatic heterocycles. The third-order valence-corrected chi connectivity index (χ3v) is 8.44. The highest BCUT2D eigenvalue weighted by molar-refractivity contribution is 7.89. The first-order valence-electron chi connectivity index (χ1n) is 13.8. The maximum Gasteiger partial charge on any atom is 0.238 e. The van der Waals surface area contributed by atoms with Gasteiger partial charge < -0.3 is 23.7 Å². The molecule has 3 atom stereocenters. The second-order valence-corrected chi connectivity index (χ2v) is 12.3. The third-order valence-electron chi connectivity index (χ3n) is 7.51. The Morgan fingerprint density at radius 2 is 1.69 bits per heavy atom. The Labute approximate surface area is 246 Å². The maximum atomic E-state index is 11.7. The lowest BCUT2D eigenvalue weighted by Crippen LogP contribution is -2.42. The fourth-order valence-corrected chi connectivity index (χ4v) is 6.11. The predicted octanol–water partition coefficient (Wildman–Crippen LogP) is 5.34. The Balaban J connectivity index is 1.32. The van der Waals surface area contributed by atoms with Gasteiger partial charge in [-0.2, -0.15) is 0 Å². The maximum absolute atomic E-state index is 11.7. The first-order valence-corrected chi connectivity index (χ1v) is 15.4. The van der Waals surface area contributed by atoms with Gasteiger partial charge in [0, 0.05) is 31.1 Å². The molecule has 1 aromatic heterocycles. The van der Waals surface area contributed by atoms with E-state index in [1.807, 2.05) is 42.5 Å². The molecule has 5 rings (SSSR count). The van der Waals surface area contributed by atoms with Crippen molar-refractivity contribution < 1.29 is 32.2 Å². The van der Waals surface area contributed by atoms with Gasteiger partial charge >= 0.3 is 0 Å². The van der Waals surface area contributed by atoms with E-state index in [1.165, 1.54) is 12.1 Å². The van der Waals surface area contributed by atoms with Crippen molar-refractivity contribution in [3.05, 3.63) is 95.9 Å². The molecule has 3 aromatic carbocycles. The molecule has 1 fully saturated rings. The Kier molecular flexibility index (Phi) is 8.93. The first-order chi connectivity index (χ1) is 20.1. The van der Waals surface area contributed by atoms with Crippen LogP contribution in [0.15, 0.2) is 88.2 Å². The number of sulfonamides is 1. The number of rotatable bonds is 10. The number of nitrogens with two attached hydrogens (primary N) is 1. The van der Waals surface area contributed by atoms with E-state index in [-0.39, 0.29) is 36.2 Å². The number of aromatic nitrogens is 1. The van der Waals surface area contributed by atoms with E-state index in [0.717, 1.165) is 29.5 Å². The zero-order valence-electron chi connectivity index (χ0n) is 23.9. The van der Waals surface area contributed by atoms with Crippen LogP contribution in [-0.4, -0.2) is 44.4 Å². The van der Waals surface area contributed by atoms with Gasteiger partial charge in [0.2, 0.25) is 15.9 Å². The smallest absolute Gasteiger partial charge is 0.238 e. The number of primary sulfonamides is 1. The minimum atomic E-state index is -3.84. The SMILES string of the molecule is COC1(c2cccc(COCC(O)c3nc(-c4ccccc4)c(-c4ccc(S(N)(=O)=O)cc4)o3)c2)CC(C)OC(C)C1. The minimum Gasteiger partial charge on any atom is -0.437 e. The summed E-state index contributed by atoms with van der Waals surface area (Å²) < 4.78 is 47.3.